The van der Waals surface area contributed by atoms with Gasteiger partial charge in [0.15, 0.2) is 0 Å². The smallest absolute Gasteiger partial charge is 0.343 e. The fraction of sp³-hybridized carbons (Fsp3) is 0.200. The maximum absolute atomic E-state index is 13.9. The monoisotopic (exact) mass is 934 g/mol. The number of ether oxygens (including phenoxy) is 6. The van der Waals surface area contributed by atoms with Crippen LogP contribution in [0.25, 0.3) is 32.7 Å². The van der Waals surface area contributed by atoms with E-state index in [4.69, 9.17) is 28.4 Å². The van der Waals surface area contributed by atoms with Gasteiger partial charge in [-0.05, 0) is 144 Å². The number of carbonyl (C=O) groups is 4. The van der Waals surface area contributed by atoms with Gasteiger partial charge in [0, 0.05) is 11.1 Å². The Morgan fingerprint density at radius 3 is 1.01 bits per heavy atom. The summed E-state index contributed by atoms with van der Waals surface area (Å²) < 4.78 is 35.2. The van der Waals surface area contributed by atoms with Crippen LogP contribution in [0.15, 0.2) is 170 Å². The predicted molar refractivity (Wildman–Crippen MR) is 272 cm³/mol. The highest BCUT2D eigenvalue weighted by Crippen LogP contribution is 2.46. The largest absolute Gasteiger partial charge is 0.494 e. The second kappa shape index (κ2) is 23.7. The summed E-state index contributed by atoms with van der Waals surface area (Å²) in [6.45, 7) is 5.57. The van der Waals surface area contributed by atoms with E-state index in [1.54, 1.807) is 60.7 Å². The predicted octanol–water partition coefficient (Wildman–Crippen LogP) is 14.5. The van der Waals surface area contributed by atoms with Crippen LogP contribution in [0.4, 0.5) is 0 Å². The lowest BCUT2D eigenvalue weighted by molar-refractivity contribution is 0.0719. The van der Waals surface area contributed by atoms with Crippen LogP contribution in [0.2, 0.25) is 0 Å². The molecule has 0 atom stereocenters. The van der Waals surface area contributed by atoms with E-state index in [-0.39, 0.29) is 34.1 Å². The molecule has 8 aromatic carbocycles. The van der Waals surface area contributed by atoms with Crippen LogP contribution in [0.3, 0.4) is 0 Å². The van der Waals surface area contributed by atoms with Gasteiger partial charge >= 0.3 is 23.9 Å². The van der Waals surface area contributed by atoms with Crippen LogP contribution < -0.4 is 28.4 Å². The average Bonchev–Trinajstić information content (AvgIpc) is 3.39. The molecule has 0 amide bonds. The van der Waals surface area contributed by atoms with Gasteiger partial charge in [-0.25, -0.2) is 19.2 Å². The minimum Gasteiger partial charge on any atom is -0.494 e. The van der Waals surface area contributed by atoms with Crippen LogP contribution >= 0.6 is 0 Å². The lowest BCUT2D eigenvalue weighted by atomic mass is 9.92. The summed E-state index contributed by atoms with van der Waals surface area (Å²) in [7, 11) is 0. The summed E-state index contributed by atoms with van der Waals surface area (Å²) in [5.74, 6) is -0.0671. The lowest BCUT2D eigenvalue weighted by Crippen LogP contribution is -2.12. The van der Waals surface area contributed by atoms with Crippen LogP contribution in [0, 0.1) is 0 Å². The lowest BCUT2D eigenvalue weighted by Gasteiger charge is -2.19. The first-order chi connectivity index (χ1) is 34.3. The van der Waals surface area contributed by atoms with Crippen molar-refractivity contribution < 1.29 is 47.6 Å². The van der Waals surface area contributed by atoms with Crippen molar-refractivity contribution in [1.29, 1.82) is 0 Å². The molecule has 70 heavy (non-hydrogen) atoms. The zero-order valence-corrected chi connectivity index (χ0v) is 39.3. The van der Waals surface area contributed by atoms with Crippen molar-refractivity contribution in [1.82, 2.24) is 0 Å². The van der Waals surface area contributed by atoms with Gasteiger partial charge < -0.3 is 28.4 Å². The van der Waals surface area contributed by atoms with Crippen LogP contribution in [0.5, 0.6) is 34.5 Å². The Labute approximate surface area is 407 Å². The highest BCUT2D eigenvalue weighted by atomic mass is 16.5. The Hall–Kier alpha value is -8.24. The molecule has 0 aliphatic heterocycles. The third-order valence-corrected chi connectivity index (χ3v) is 11.8. The molecule has 8 aromatic rings. The normalized spacial score (nSPS) is 10.9. The van der Waals surface area contributed by atoms with Crippen molar-refractivity contribution in [2.24, 2.45) is 0 Å². The van der Waals surface area contributed by atoms with Crippen molar-refractivity contribution >= 4 is 45.4 Å². The highest BCUT2D eigenvalue weighted by molar-refractivity contribution is 6.11. The molecule has 0 N–H and O–H groups in total. The van der Waals surface area contributed by atoms with E-state index in [0.29, 0.717) is 47.0 Å². The molecular weight excluding hydrogens is 881 g/mol. The van der Waals surface area contributed by atoms with Crippen molar-refractivity contribution in [2.45, 2.75) is 65.2 Å². The van der Waals surface area contributed by atoms with Crippen LogP contribution in [-0.2, 0) is 0 Å². The number of rotatable bonds is 21. The number of hydrogen-bond donors (Lipinski definition) is 0. The molecule has 0 radical (unpaired) electrons. The Morgan fingerprint density at radius 1 is 0.329 bits per heavy atom. The summed E-state index contributed by atoms with van der Waals surface area (Å²) >= 11 is 0. The number of hydrogen-bond acceptors (Lipinski definition) is 10. The Bertz CT molecular complexity index is 2860. The molecule has 10 heteroatoms. The van der Waals surface area contributed by atoms with Crippen molar-refractivity contribution in [2.75, 3.05) is 13.2 Å². The summed E-state index contributed by atoms with van der Waals surface area (Å²) in [6, 6.07) is 48.4. The quantitative estimate of drug-likeness (QED) is 0.0391. The van der Waals surface area contributed by atoms with Gasteiger partial charge in [-0.3, -0.25) is 0 Å². The maximum atomic E-state index is 13.9. The fourth-order valence-electron chi connectivity index (χ4n) is 7.97. The van der Waals surface area contributed by atoms with Gasteiger partial charge in [-0.1, -0.05) is 113 Å². The Morgan fingerprint density at radius 2 is 0.657 bits per heavy atom. The molecule has 0 spiro atoms. The third-order valence-electron chi connectivity index (χ3n) is 11.8. The molecule has 0 unspecified atom stereocenters. The number of carbonyl (C=O) groups excluding carboxylic acids is 4. The van der Waals surface area contributed by atoms with E-state index in [9.17, 15) is 19.2 Å². The van der Waals surface area contributed by atoms with Crippen molar-refractivity contribution in [3.05, 3.63) is 192 Å². The number of esters is 4. The molecule has 0 heterocycles. The first-order valence-electron chi connectivity index (χ1n) is 23.9. The summed E-state index contributed by atoms with van der Waals surface area (Å²) in [4.78, 5) is 53.9. The van der Waals surface area contributed by atoms with Gasteiger partial charge in [-0.2, -0.15) is 0 Å². The molecule has 0 saturated carbocycles. The Kier molecular flexibility index (Phi) is 16.3. The van der Waals surface area contributed by atoms with Gasteiger partial charge in [-0.15, -0.1) is 0 Å². The number of fused-ring (bicyclic) bond motifs is 2. The maximum Gasteiger partial charge on any atom is 0.343 e. The second-order valence-corrected chi connectivity index (χ2v) is 16.8. The first-order valence-corrected chi connectivity index (χ1v) is 23.9. The summed E-state index contributed by atoms with van der Waals surface area (Å²) in [6.07, 6.45) is 8.83. The average molecular weight is 935 g/mol. The third kappa shape index (κ3) is 12.3. The van der Waals surface area contributed by atoms with E-state index in [1.807, 2.05) is 60.7 Å². The van der Waals surface area contributed by atoms with Gasteiger partial charge in [0.1, 0.15) is 34.5 Å². The highest BCUT2D eigenvalue weighted by Gasteiger charge is 2.23. The van der Waals surface area contributed by atoms with E-state index < -0.39 is 23.9 Å². The second-order valence-electron chi connectivity index (χ2n) is 16.8. The summed E-state index contributed by atoms with van der Waals surface area (Å²) in [5.41, 5.74) is 2.23. The van der Waals surface area contributed by atoms with E-state index in [0.717, 1.165) is 60.1 Å². The fourth-order valence-corrected chi connectivity index (χ4v) is 7.97. The standard InChI is InChI=1S/C60H54O10/c1-3-5-7-13-39-65-47-29-19-43(20-30-47)57(61)67-49-33-23-45(24-34-49)59(63)69-53-37-27-41-15-9-11-17-51(41)55(53)56-52-18-12-10-16-42(52)28-38-54(56)70-60(64)46-25-35-50(36-26-46)68-58(62)44-21-31-48(32-22-44)66-40-14-8-6-4-2/h9-12,15-38H,3-8,13-14,39-40H2,1-2H3. The van der Waals surface area contributed by atoms with Crippen molar-refractivity contribution in [3.8, 4) is 45.6 Å². The number of unbranched alkanes of at least 4 members (excludes halogenated alkanes) is 6. The molecule has 0 bridgehead atoms. The molecule has 0 fully saturated rings. The minimum atomic E-state index is -0.654. The zero-order valence-electron chi connectivity index (χ0n) is 39.3. The molecule has 354 valence electrons. The molecular formula is C60H54O10. The van der Waals surface area contributed by atoms with Crippen LogP contribution in [0.1, 0.15) is 107 Å². The topological polar surface area (TPSA) is 124 Å². The van der Waals surface area contributed by atoms with Gasteiger partial charge in [0.25, 0.3) is 0 Å². The van der Waals surface area contributed by atoms with Gasteiger partial charge in [0.05, 0.1) is 35.5 Å². The number of benzene rings is 8. The molecule has 0 aliphatic rings. The van der Waals surface area contributed by atoms with Crippen molar-refractivity contribution in [3.63, 3.8) is 0 Å². The molecule has 0 aliphatic carbocycles. The van der Waals surface area contributed by atoms with Crippen LogP contribution in [-0.4, -0.2) is 37.1 Å². The van der Waals surface area contributed by atoms with E-state index in [2.05, 4.69) is 13.8 Å². The SMILES string of the molecule is CCCCCCOc1ccc(C(=O)Oc2ccc(C(=O)Oc3ccc4ccccc4c3-c3c(OC(=O)c4ccc(OC(=O)c5ccc(OCCCCCC)cc5)cc4)ccc4ccccc34)cc2)cc1. The molecule has 8 rings (SSSR count). The summed E-state index contributed by atoms with van der Waals surface area (Å²) in [5, 5.41) is 3.24. The Balaban J connectivity index is 0.977. The molecule has 0 aromatic heterocycles. The minimum absolute atomic E-state index is 0.217. The van der Waals surface area contributed by atoms with Gasteiger partial charge in [0.2, 0.25) is 0 Å². The first kappa shape index (κ1) is 48.2. The molecule has 10 nitrogen and oxygen atoms in total. The zero-order chi connectivity index (χ0) is 48.7. The van der Waals surface area contributed by atoms with E-state index >= 15 is 0 Å². The van der Waals surface area contributed by atoms with E-state index in [1.165, 1.54) is 61.4 Å². The molecule has 0 saturated heterocycles.